The van der Waals surface area contributed by atoms with Crippen LogP contribution < -0.4 is 9.47 Å². The largest absolute Gasteiger partial charge is 0.493 e. The van der Waals surface area contributed by atoms with Crippen LogP contribution in [0.2, 0.25) is 5.02 Å². The number of carbonyl (C=O) groups is 1. The van der Waals surface area contributed by atoms with Gasteiger partial charge in [0.15, 0.2) is 17.3 Å². The first kappa shape index (κ1) is 18.5. The molecule has 4 nitrogen and oxygen atoms in total. The van der Waals surface area contributed by atoms with Gasteiger partial charge in [-0.15, -0.1) is 0 Å². The van der Waals surface area contributed by atoms with Gasteiger partial charge < -0.3 is 14.6 Å². The highest BCUT2D eigenvalue weighted by Crippen LogP contribution is 2.49. The van der Waals surface area contributed by atoms with Crippen LogP contribution in [0.25, 0.3) is 11.1 Å². The van der Waals surface area contributed by atoms with Crippen LogP contribution in [-0.2, 0) is 5.60 Å². The Kier molecular flexibility index (Phi) is 4.61. The van der Waals surface area contributed by atoms with Gasteiger partial charge in [-0.2, -0.15) is 0 Å². The highest BCUT2D eigenvalue weighted by molar-refractivity contribution is 6.30. The molecule has 0 saturated heterocycles. The highest BCUT2D eigenvalue weighted by Gasteiger charge is 2.42. The molecule has 4 rings (SSSR count). The molecular formula is C23H19ClO4. The fourth-order valence-electron chi connectivity index (χ4n) is 3.93. The van der Waals surface area contributed by atoms with Crippen LogP contribution >= 0.6 is 11.6 Å². The van der Waals surface area contributed by atoms with Crippen molar-refractivity contribution in [3.8, 4) is 22.6 Å². The number of benzene rings is 3. The molecular weight excluding hydrogens is 376 g/mol. The normalized spacial score (nSPS) is 18.1. The maximum atomic E-state index is 13.1. The van der Waals surface area contributed by atoms with E-state index in [-0.39, 0.29) is 12.2 Å². The smallest absolute Gasteiger partial charge is 0.167 e. The van der Waals surface area contributed by atoms with Gasteiger partial charge in [0, 0.05) is 22.6 Å². The van der Waals surface area contributed by atoms with E-state index in [9.17, 15) is 9.90 Å². The van der Waals surface area contributed by atoms with Crippen molar-refractivity contribution in [1.82, 2.24) is 0 Å². The number of rotatable bonds is 3. The number of carbonyl (C=O) groups excluding carboxylic acids is 1. The van der Waals surface area contributed by atoms with Crippen LogP contribution in [0.4, 0.5) is 0 Å². The van der Waals surface area contributed by atoms with Crippen LogP contribution in [0.3, 0.4) is 0 Å². The second-order valence-corrected chi connectivity index (χ2v) is 7.17. The molecule has 0 aromatic heterocycles. The first-order valence-electron chi connectivity index (χ1n) is 8.86. The summed E-state index contributed by atoms with van der Waals surface area (Å²) in [5.74, 6) is 0.707. The zero-order valence-electron chi connectivity index (χ0n) is 15.5. The number of methoxy groups -OCH3 is 2. The standard InChI is InChI=1S/C23H19ClO4/c1-27-21-9-5-8-18(22(21)28-2)23(26)13-20(25)17-7-4-3-6-15(17)16-11-10-14(24)12-19(16)23/h3-12,26H,13H2,1-2H3. The van der Waals surface area contributed by atoms with E-state index in [0.29, 0.717) is 33.2 Å². The van der Waals surface area contributed by atoms with E-state index in [1.165, 1.54) is 14.2 Å². The Balaban J connectivity index is 2.07. The molecule has 1 aliphatic carbocycles. The topological polar surface area (TPSA) is 55.8 Å². The van der Waals surface area contributed by atoms with Gasteiger partial charge in [-0.05, 0) is 34.9 Å². The van der Waals surface area contributed by atoms with E-state index in [1.54, 1.807) is 36.4 Å². The average Bonchev–Trinajstić information content (AvgIpc) is 2.81. The van der Waals surface area contributed by atoms with Gasteiger partial charge in [-0.25, -0.2) is 0 Å². The van der Waals surface area contributed by atoms with Crippen molar-refractivity contribution in [3.63, 3.8) is 0 Å². The Bertz CT molecular complexity index is 1080. The molecule has 0 aliphatic heterocycles. The number of hydrogen-bond acceptors (Lipinski definition) is 4. The van der Waals surface area contributed by atoms with E-state index in [4.69, 9.17) is 21.1 Å². The summed E-state index contributed by atoms with van der Waals surface area (Å²) in [5, 5.41) is 12.4. The summed E-state index contributed by atoms with van der Waals surface area (Å²) in [6.45, 7) is 0. The summed E-state index contributed by atoms with van der Waals surface area (Å²) < 4.78 is 11.0. The van der Waals surface area contributed by atoms with E-state index in [2.05, 4.69) is 0 Å². The molecule has 1 aliphatic rings. The Morgan fingerprint density at radius 2 is 1.64 bits per heavy atom. The molecule has 0 bridgehead atoms. The Hall–Kier alpha value is -2.82. The van der Waals surface area contributed by atoms with E-state index in [1.807, 2.05) is 24.3 Å². The monoisotopic (exact) mass is 394 g/mol. The lowest BCUT2D eigenvalue weighted by Gasteiger charge is -2.31. The van der Waals surface area contributed by atoms with Crippen molar-refractivity contribution in [3.05, 3.63) is 82.4 Å². The first-order valence-corrected chi connectivity index (χ1v) is 9.24. The molecule has 0 saturated carbocycles. The minimum absolute atomic E-state index is 0.138. The lowest BCUT2D eigenvalue weighted by atomic mass is 9.80. The number of para-hydroxylation sites is 1. The van der Waals surface area contributed by atoms with Crippen LogP contribution in [-0.4, -0.2) is 25.1 Å². The quantitative estimate of drug-likeness (QED) is 0.690. The number of aliphatic hydroxyl groups is 1. The zero-order valence-corrected chi connectivity index (χ0v) is 16.3. The van der Waals surface area contributed by atoms with Crippen molar-refractivity contribution >= 4 is 17.4 Å². The second-order valence-electron chi connectivity index (χ2n) is 6.74. The van der Waals surface area contributed by atoms with Gasteiger partial charge >= 0.3 is 0 Å². The van der Waals surface area contributed by atoms with E-state index in [0.717, 1.165) is 11.1 Å². The Morgan fingerprint density at radius 1 is 0.893 bits per heavy atom. The van der Waals surface area contributed by atoms with Crippen LogP contribution in [0, 0.1) is 0 Å². The Labute approximate surface area is 168 Å². The molecule has 1 N–H and O–H groups in total. The number of ketones is 1. The van der Waals surface area contributed by atoms with E-state index >= 15 is 0 Å². The molecule has 0 spiro atoms. The average molecular weight is 395 g/mol. The van der Waals surface area contributed by atoms with Crippen molar-refractivity contribution in [1.29, 1.82) is 0 Å². The van der Waals surface area contributed by atoms with Gasteiger partial charge in [0.2, 0.25) is 0 Å². The van der Waals surface area contributed by atoms with Crippen molar-refractivity contribution in [2.45, 2.75) is 12.0 Å². The first-order chi connectivity index (χ1) is 13.5. The summed E-state index contributed by atoms with van der Waals surface area (Å²) in [4.78, 5) is 13.1. The van der Waals surface area contributed by atoms with Crippen molar-refractivity contribution in [2.24, 2.45) is 0 Å². The predicted octanol–water partition coefficient (Wildman–Crippen LogP) is 4.85. The second kappa shape index (κ2) is 6.97. The van der Waals surface area contributed by atoms with Crippen molar-refractivity contribution in [2.75, 3.05) is 14.2 Å². The summed E-state index contributed by atoms with van der Waals surface area (Å²) in [6, 6.07) is 17.9. The molecule has 3 aromatic rings. The van der Waals surface area contributed by atoms with Crippen LogP contribution in [0.5, 0.6) is 11.5 Å². The number of ether oxygens (including phenoxy) is 2. The molecule has 0 heterocycles. The molecule has 3 aromatic carbocycles. The van der Waals surface area contributed by atoms with Gasteiger partial charge in [0.05, 0.1) is 14.2 Å². The molecule has 28 heavy (non-hydrogen) atoms. The summed E-state index contributed by atoms with van der Waals surface area (Å²) in [5.41, 5.74) is 1.50. The van der Waals surface area contributed by atoms with Gasteiger partial charge in [-0.3, -0.25) is 4.79 Å². The van der Waals surface area contributed by atoms with Crippen LogP contribution in [0.1, 0.15) is 27.9 Å². The molecule has 1 unspecified atom stereocenters. The highest BCUT2D eigenvalue weighted by atomic mass is 35.5. The van der Waals surface area contributed by atoms with Gasteiger partial charge in [0.1, 0.15) is 5.60 Å². The minimum Gasteiger partial charge on any atom is -0.493 e. The molecule has 0 fully saturated rings. The molecule has 0 amide bonds. The summed E-state index contributed by atoms with van der Waals surface area (Å²) >= 11 is 6.29. The maximum absolute atomic E-state index is 13.1. The molecule has 142 valence electrons. The number of hydrogen-bond donors (Lipinski definition) is 1. The fourth-order valence-corrected chi connectivity index (χ4v) is 4.10. The van der Waals surface area contributed by atoms with Gasteiger partial charge in [-0.1, -0.05) is 54.1 Å². The van der Waals surface area contributed by atoms with Gasteiger partial charge in [0.25, 0.3) is 0 Å². The predicted molar refractivity (Wildman–Crippen MR) is 108 cm³/mol. The lowest BCUT2D eigenvalue weighted by molar-refractivity contribution is 0.0576. The number of Topliss-reactive ketones (excluding diaryl/α,β-unsaturated/α-hetero) is 1. The lowest BCUT2D eigenvalue weighted by Crippen LogP contribution is -2.30. The van der Waals surface area contributed by atoms with E-state index < -0.39 is 5.60 Å². The Morgan fingerprint density at radius 3 is 2.36 bits per heavy atom. The molecule has 0 radical (unpaired) electrons. The SMILES string of the molecule is COc1cccc(C2(O)CC(=O)c3ccccc3-c3ccc(Cl)cc32)c1OC. The third kappa shape index (κ3) is 2.77. The molecule has 1 atom stereocenters. The molecule has 5 heteroatoms. The number of halogens is 1. The third-order valence-electron chi connectivity index (χ3n) is 5.21. The fraction of sp³-hybridized carbons (Fsp3) is 0.174. The maximum Gasteiger partial charge on any atom is 0.167 e. The minimum atomic E-state index is -1.63. The van der Waals surface area contributed by atoms with Crippen LogP contribution in [0.15, 0.2) is 60.7 Å². The zero-order chi connectivity index (χ0) is 19.9. The van der Waals surface area contributed by atoms with Crippen molar-refractivity contribution < 1.29 is 19.4 Å². The number of fused-ring (bicyclic) bond motifs is 3. The summed E-state index contributed by atoms with van der Waals surface area (Å²) in [6.07, 6.45) is -0.138. The third-order valence-corrected chi connectivity index (χ3v) is 5.44. The summed E-state index contributed by atoms with van der Waals surface area (Å²) in [7, 11) is 3.04.